The minimum Gasteiger partial charge on any atom is -0.398 e. The summed E-state index contributed by atoms with van der Waals surface area (Å²) in [4.78, 5) is 0.180. The van der Waals surface area contributed by atoms with Gasteiger partial charge in [0.25, 0.3) is 10.0 Å². The molecule has 1 heterocycles. The van der Waals surface area contributed by atoms with Crippen LogP contribution in [0.15, 0.2) is 23.2 Å². The van der Waals surface area contributed by atoms with Crippen molar-refractivity contribution in [1.29, 1.82) is 0 Å². The van der Waals surface area contributed by atoms with Crippen LogP contribution in [0.3, 0.4) is 0 Å². The molecule has 0 unspecified atom stereocenters. The predicted molar refractivity (Wildman–Crippen MR) is 74.5 cm³/mol. The molecule has 0 bridgehead atoms. The molecule has 0 atom stereocenters. The first-order chi connectivity index (χ1) is 8.81. The fourth-order valence-electron chi connectivity index (χ4n) is 1.77. The minimum absolute atomic E-state index is 0.180. The van der Waals surface area contributed by atoms with Gasteiger partial charge >= 0.3 is 0 Å². The second-order valence-electron chi connectivity index (χ2n) is 4.51. The van der Waals surface area contributed by atoms with Gasteiger partial charge in [-0.05, 0) is 44.0 Å². The Kier molecular flexibility index (Phi) is 3.23. The van der Waals surface area contributed by atoms with E-state index in [1.54, 1.807) is 39.1 Å². The molecular weight excluding hydrogens is 264 g/mol. The number of nitrogens with one attached hydrogen (secondary N) is 2. The Labute approximate surface area is 112 Å². The highest BCUT2D eigenvalue weighted by molar-refractivity contribution is 7.92. The number of rotatable bonds is 3. The van der Waals surface area contributed by atoms with Gasteiger partial charge < -0.3 is 5.73 Å². The summed E-state index contributed by atoms with van der Waals surface area (Å²) in [5.41, 5.74) is 8.33. The van der Waals surface area contributed by atoms with E-state index in [0.717, 1.165) is 11.1 Å². The Hall–Kier alpha value is -2.02. The third-order valence-electron chi connectivity index (χ3n) is 2.90. The van der Waals surface area contributed by atoms with E-state index in [2.05, 4.69) is 14.9 Å². The third kappa shape index (κ3) is 2.55. The lowest BCUT2D eigenvalue weighted by Crippen LogP contribution is -2.16. The van der Waals surface area contributed by atoms with Crippen molar-refractivity contribution in [2.75, 3.05) is 10.5 Å². The number of nitrogen functional groups attached to an aromatic ring is 1. The molecule has 0 spiro atoms. The molecule has 0 saturated carbocycles. The van der Waals surface area contributed by atoms with Gasteiger partial charge in [0.05, 0.1) is 11.1 Å². The molecule has 0 aliphatic heterocycles. The number of anilines is 2. The van der Waals surface area contributed by atoms with Crippen molar-refractivity contribution in [3.05, 3.63) is 35.0 Å². The van der Waals surface area contributed by atoms with Crippen LogP contribution in [0, 0.1) is 20.8 Å². The molecule has 102 valence electrons. The fraction of sp³-hybridized carbons (Fsp3) is 0.250. The van der Waals surface area contributed by atoms with Gasteiger partial charge in [-0.2, -0.15) is 5.10 Å². The lowest BCUT2D eigenvalue weighted by Gasteiger charge is -2.12. The molecule has 7 heteroatoms. The summed E-state index contributed by atoms with van der Waals surface area (Å²) < 4.78 is 27.2. The van der Waals surface area contributed by atoms with Crippen LogP contribution in [0.5, 0.6) is 0 Å². The number of hydrogen-bond acceptors (Lipinski definition) is 4. The van der Waals surface area contributed by atoms with E-state index < -0.39 is 10.0 Å². The van der Waals surface area contributed by atoms with Gasteiger partial charge in [-0.3, -0.25) is 9.82 Å². The molecule has 1 aromatic heterocycles. The number of aromatic amines is 1. The third-order valence-corrected chi connectivity index (χ3v) is 4.38. The van der Waals surface area contributed by atoms with E-state index >= 15 is 0 Å². The lowest BCUT2D eigenvalue weighted by atomic mass is 10.1. The first-order valence-corrected chi connectivity index (χ1v) is 7.19. The average Bonchev–Trinajstić information content (AvgIpc) is 2.69. The van der Waals surface area contributed by atoms with E-state index in [9.17, 15) is 8.42 Å². The quantitative estimate of drug-likeness (QED) is 0.745. The van der Waals surface area contributed by atoms with Gasteiger partial charge in [-0.15, -0.1) is 0 Å². The molecule has 0 amide bonds. The largest absolute Gasteiger partial charge is 0.398 e. The number of hydrogen-bond donors (Lipinski definition) is 3. The van der Waals surface area contributed by atoms with E-state index in [-0.39, 0.29) is 4.90 Å². The maximum absolute atomic E-state index is 12.4. The Morgan fingerprint density at radius 2 is 1.95 bits per heavy atom. The highest BCUT2D eigenvalue weighted by Gasteiger charge is 2.20. The molecule has 0 fully saturated rings. The molecule has 6 nitrogen and oxygen atoms in total. The van der Waals surface area contributed by atoms with Crippen LogP contribution < -0.4 is 10.5 Å². The van der Waals surface area contributed by atoms with E-state index in [0.29, 0.717) is 17.1 Å². The molecule has 0 aliphatic rings. The van der Waals surface area contributed by atoms with Crippen molar-refractivity contribution >= 4 is 21.5 Å². The van der Waals surface area contributed by atoms with Crippen molar-refractivity contribution in [3.8, 4) is 0 Å². The molecule has 2 rings (SSSR count). The number of H-pyrrole nitrogens is 1. The second kappa shape index (κ2) is 4.58. The van der Waals surface area contributed by atoms with E-state index in [1.807, 2.05) is 0 Å². The molecule has 0 saturated heterocycles. The maximum Gasteiger partial charge on any atom is 0.263 e. The van der Waals surface area contributed by atoms with Crippen molar-refractivity contribution in [1.82, 2.24) is 10.2 Å². The highest BCUT2D eigenvalue weighted by Crippen LogP contribution is 2.25. The van der Waals surface area contributed by atoms with Crippen molar-refractivity contribution < 1.29 is 8.42 Å². The Morgan fingerprint density at radius 3 is 2.53 bits per heavy atom. The van der Waals surface area contributed by atoms with E-state index in [4.69, 9.17) is 5.73 Å². The van der Waals surface area contributed by atoms with Crippen LogP contribution >= 0.6 is 0 Å². The number of aromatic nitrogens is 2. The standard InChI is InChI=1S/C12H16N4O2S/c1-7-4-10(13)9(3)11(5-7)19(17,18)16-12-8(2)6-14-15-12/h4-6H,13H2,1-3H3,(H2,14,15,16). The summed E-state index contributed by atoms with van der Waals surface area (Å²) in [6.07, 6.45) is 1.55. The molecule has 2 aromatic rings. The van der Waals surface area contributed by atoms with Crippen molar-refractivity contribution in [3.63, 3.8) is 0 Å². The zero-order chi connectivity index (χ0) is 14.2. The number of sulfonamides is 1. The molecular formula is C12H16N4O2S. The summed E-state index contributed by atoms with van der Waals surface area (Å²) in [6.45, 7) is 5.25. The number of benzene rings is 1. The lowest BCUT2D eigenvalue weighted by molar-refractivity contribution is 0.600. The van der Waals surface area contributed by atoms with Crippen molar-refractivity contribution in [2.45, 2.75) is 25.7 Å². The van der Waals surface area contributed by atoms with Crippen LogP contribution in [0.25, 0.3) is 0 Å². The van der Waals surface area contributed by atoms with Crippen LogP contribution in [0.2, 0.25) is 0 Å². The first kappa shape index (κ1) is 13.4. The molecule has 4 N–H and O–H groups in total. The Bertz CT molecular complexity index is 719. The number of nitrogens with zero attached hydrogens (tertiary/aromatic N) is 1. The van der Waals surface area contributed by atoms with Gasteiger partial charge in [0, 0.05) is 11.3 Å². The van der Waals surface area contributed by atoms with Crippen LogP contribution in [0.1, 0.15) is 16.7 Å². The van der Waals surface area contributed by atoms with Gasteiger partial charge in [-0.1, -0.05) is 0 Å². The summed E-state index contributed by atoms with van der Waals surface area (Å²) in [7, 11) is -3.68. The zero-order valence-corrected chi connectivity index (χ0v) is 11.8. The van der Waals surface area contributed by atoms with Gasteiger partial charge in [0.1, 0.15) is 5.82 Å². The van der Waals surface area contributed by atoms with Gasteiger partial charge in [0.2, 0.25) is 0 Å². The monoisotopic (exact) mass is 280 g/mol. The van der Waals surface area contributed by atoms with E-state index in [1.165, 1.54) is 0 Å². The van der Waals surface area contributed by atoms with Crippen LogP contribution in [-0.4, -0.2) is 18.6 Å². The minimum atomic E-state index is -3.68. The Balaban J connectivity index is 2.49. The van der Waals surface area contributed by atoms with Gasteiger partial charge in [-0.25, -0.2) is 8.42 Å². The fourth-order valence-corrected chi connectivity index (χ4v) is 3.22. The molecule has 19 heavy (non-hydrogen) atoms. The topological polar surface area (TPSA) is 101 Å². The summed E-state index contributed by atoms with van der Waals surface area (Å²) in [6, 6.07) is 3.34. The first-order valence-electron chi connectivity index (χ1n) is 5.71. The summed E-state index contributed by atoms with van der Waals surface area (Å²) in [5, 5.41) is 6.39. The smallest absolute Gasteiger partial charge is 0.263 e. The highest BCUT2D eigenvalue weighted by atomic mass is 32.2. The van der Waals surface area contributed by atoms with Gasteiger partial charge in [0.15, 0.2) is 0 Å². The predicted octanol–water partition coefficient (Wildman–Crippen LogP) is 1.72. The van der Waals surface area contributed by atoms with Crippen LogP contribution in [-0.2, 0) is 10.0 Å². The number of aryl methyl sites for hydroxylation is 2. The normalized spacial score (nSPS) is 11.5. The summed E-state index contributed by atoms with van der Waals surface area (Å²) >= 11 is 0. The average molecular weight is 280 g/mol. The number of nitrogens with two attached hydrogens (primary N) is 1. The zero-order valence-electron chi connectivity index (χ0n) is 11.0. The molecule has 0 aliphatic carbocycles. The molecule has 1 aromatic carbocycles. The SMILES string of the molecule is Cc1cc(N)c(C)c(S(=O)(=O)Nc2[nH]ncc2C)c1. The summed E-state index contributed by atoms with van der Waals surface area (Å²) in [5.74, 6) is 0.361. The second-order valence-corrected chi connectivity index (χ2v) is 6.16. The maximum atomic E-state index is 12.4. The molecule has 0 radical (unpaired) electrons. The Morgan fingerprint density at radius 1 is 1.26 bits per heavy atom. The van der Waals surface area contributed by atoms with Crippen LogP contribution in [0.4, 0.5) is 11.5 Å². The van der Waals surface area contributed by atoms with Crippen molar-refractivity contribution in [2.24, 2.45) is 0 Å².